The molecule has 1 heterocycles. The molecule has 13 rings (SSSR count). The Bertz CT molecular complexity index is 4410. The van der Waals surface area contributed by atoms with Gasteiger partial charge in [0, 0.05) is 38.9 Å². The Morgan fingerprint density at radius 1 is 0.419 bits per heavy atom. The number of nitrogens with zero attached hydrogens (tertiary/aromatic N) is 2. The van der Waals surface area contributed by atoms with Crippen LogP contribution < -0.4 is 9.64 Å². The van der Waals surface area contributed by atoms with Crippen LogP contribution in [0.3, 0.4) is 0 Å². The highest BCUT2D eigenvalue weighted by Gasteiger charge is 2.44. The van der Waals surface area contributed by atoms with Crippen LogP contribution >= 0.6 is 0 Å². The molecule has 3 heteroatoms. The van der Waals surface area contributed by atoms with Crippen molar-refractivity contribution < 1.29 is 4.74 Å². The van der Waals surface area contributed by atoms with Crippen molar-refractivity contribution in [2.24, 2.45) is 0 Å². The van der Waals surface area contributed by atoms with Crippen molar-refractivity contribution in [1.29, 1.82) is 0 Å². The molecule has 1 aliphatic carbocycles. The minimum absolute atomic E-state index is 0.0816. The topological polar surface area (TPSA) is 17.4 Å². The van der Waals surface area contributed by atoms with Crippen LogP contribution in [-0.4, -0.2) is 11.2 Å². The van der Waals surface area contributed by atoms with Gasteiger partial charge in [0.15, 0.2) is 0 Å². The maximum absolute atomic E-state index is 6.18. The first kappa shape index (κ1) is 55.2. The van der Waals surface area contributed by atoms with E-state index in [4.69, 9.17) is 4.74 Å². The first-order valence-corrected chi connectivity index (χ1v) is 30.4. The average molecular weight is 1110 g/mol. The second kappa shape index (κ2) is 23.6. The molecular weight excluding hydrogens is 1040 g/mol. The smallest absolute Gasteiger partial charge is 0.119 e. The number of hydrogen-bond donors (Lipinski definition) is 0. The zero-order valence-electron chi connectivity index (χ0n) is 49.6. The first-order valence-electron chi connectivity index (χ1n) is 30.4. The van der Waals surface area contributed by atoms with Gasteiger partial charge in [0.2, 0.25) is 0 Å². The minimum atomic E-state index is -0.348. The van der Waals surface area contributed by atoms with Gasteiger partial charge < -0.3 is 14.2 Å². The Hall–Kier alpha value is -9.96. The van der Waals surface area contributed by atoms with Crippen LogP contribution in [0.1, 0.15) is 91.8 Å². The van der Waals surface area contributed by atoms with Gasteiger partial charge in [-0.25, -0.2) is 0 Å². The molecule has 1 aliphatic rings. The Morgan fingerprint density at radius 2 is 0.884 bits per heavy atom. The number of ether oxygens (including phenoxy) is 1. The van der Waals surface area contributed by atoms with Gasteiger partial charge in [-0.1, -0.05) is 248 Å². The maximum atomic E-state index is 6.18. The van der Waals surface area contributed by atoms with E-state index in [0.29, 0.717) is 6.61 Å². The molecule has 11 aromatic carbocycles. The highest BCUT2D eigenvalue weighted by atomic mass is 16.5. The summed E-state index contributed by atoms with van der Waals surface area (Å²) < 4.78 is 8.57. The van der Waals surface area contributed by atoms with Crippen molar-refractivity contribution in [1.82, 2.24) is 4.57 Å². The molecule has 1 atom stereocenters. The number of fused-ring (bicyclic) bond motifs is 6. The third-order valence-electron chi connectivity index (χ3n) is 17.8. The van der Waals surface area contributed by atoms with Crippen molar-refractivity contribution in [2.45, 2.75) is 63.7 Å². The fraction of sp³-hybridized carbons (Fsp3) is 0.133. The van der Waals surface area contributed by atoms with E-state index in [1.807, 2.05) is 30.4 Å². The van der Waals surface area contributed by atoms with Crippen molar-refractivity contribution in [2.75, 3.05) is 11.5 Å². The number of benzene rings is 11. The van der Waals surface area contributed by atoms with E-state index in [1.165, 1.54) is 66.4 Å². The molecular formula is C83H72N2O. The summed E-state index contributed by atoms with van der Waals surface area (Å²) in [4.78, 5) is 2.46. The normalized spacial score (nSPS) is 13.5. The third-order valence-corrected chi connectivity index (χ3v) is 17.8. The summed E-state index contributed by atoms with van der Waals surface area (Å²) in [5.41, 5.74) is 24.8. The molecule has 1 unspecified atom stereocenters. The van der Waals surface area contributed by atoms with Gasteiger partial charge in [-0.2, -0.15) is 0 Å². The molecule has 3 nitrogen and oxygen atoms in total. The standard InChI is InChI=1S/C83H72N2O/c1-7-58-23-29-63(30-24-58)65-37-51-80-76(55-65)77-56-66(38-52-81(77)85(80)71-41-25-59(8-2)26-42-71)64-35-45-70(46-36-64)84(69-43-33-62(34-44-69)61-31-39-67(40-32-61)82(4,5)6)72-47-50-75-74-21-15-16-22-78(74)83(79(75)57-72,68-19-13-12-14-20-68)53-17-10-11-18-54-86-73-48-27-60(9-3)28-49-73/h7-9,12-16,19-52,55-57H,1-3,10-11,17-18,53-54H2,4-6H3. The zero-order chi connectivity index (χ0) is 58.8. The SMILES string of the molecule is C=Cc1ccc(OCCCCCCC2(c3ccccc3)c3ccccc3-c3ccc(N(c4ccc(-c5ccc(C(C)(C)C)cc5)cc4)c4ccc(-c5ccc6c(c5)c5cc(-c7ccc(C=C)cc7)ccc5n6-c5ccc(C=C)cc5)cc4)cc32)cc1. The monoisotopic (exact) mass is 1110 g/mol. The largest absolute Gasteiger partial charge is 0.494 e. The van der Waals surface area contributed by atoms with Gasteiger partial charge in [0.25, 0.3) is 0 Å². The third kappa shape index (κ3) is 10.6. The second-order valence-corrected chi connectivity index (χ2v) is 24.0. The highest BCUT2D eigenvalue weighted by Crippen LogP contribution is 2.56. The molecule has 0 radical (unpaired) electrons. The predicted octanol–water partition coefficient (Wildman–Crippen LogP) is 22.8. The highest BCUT2D eigenvalue weighted by molar-refractivity contribution is 6.11. The van der Waals surface area contributed by atoms with E-state index in [-0.39, 0.29) is 10.8 Å². The Kier molecular flexibility index (Phi) is 15.2. The molecule has 0 saturated carbocycles. The van der Waals surface area contributed by atoms with Gasteiger partial charge in [-0.15, -0.1) is 0 Å². The van der Waals surface area contributed by atoms with E-state index >= 15 is 0 Å². The summed E-state index contributed by atoms with van der Waals surface area (Å²) >= 11 is 0. The molecule has 420 valence electrons. The Morgan fingerprint density at radius 3 is 1.45 bits per heavy atom. The number of aromatic nitrogens is 1. The Balaban J connectivity index is 0.883. The van der Waals surface area contributed by atoms with Crippen LogP contribution in [0.2, 0.25) is 0 Å². The lowest BCUT2D eigenvalue weighted by atomic mass is 9.69. The molecule has 0 saturated heterocycles. The number of anilines is 3. The summed E-state index contributed by atoms with van der Waals surface area (Å²) in [6.45, 7) is 19.4. The van der Waals surface area contributed by atoms with Crippen LogP contribution in [0.4, 0.5) is 17.1 Å². The van der Waals surface area contributed by atoms with Crippen LogP contribution in [0, 0.1) is 0 Å². The van der Waals surface area contributed by atoms with Crippen LogP contribution in [0.15, 0.2) is 275 Å². The van der Waals surface area contributed by atoms with Crippen LogP contribution in [-0.2, 0) is 10.8 Å². The predicted molar refractivity (Wildman–Crippen MR) is 368 cm³/mol. The molecule has 0 amide bonds. The van der Waals surface area contributed by atoms with Gasteiger partial charge in [0.05, 0.1) is 17.6 Å². The lowest BCUT2D eigenvalue weighted by molar-refractivity contribution is 0.303. The van der Waals surface area contributed by atoms with E-state index < -0.39 is 0 Å². The quantitative estimate of drug-likeness (QED) is 0.0751. The number of rotatable bonds is 19. The second-order valence-electron chi connectivity index (χ2n) is 24.0. The first-order chi connectivity index (χ1) is 42.1. The van der Waals surface area contributed by atoms with Gasteiger partial charge >= 0.3 is 0 Å². The molecule has 1 aromatic heterocycles. The minimum Gasteiger partial charge on any atom is -0.494 e. The fourth-order valence-corrected chi connectivity index (χ4v) is 13.1. The van der Waals surface area contributed by atoms with Crippen LogP contribution in [0.5, 0.6) is 5.75 Å². The summed E-state index contributed by atoms with van der Waals surface area (Å²) in [7, 11) is 0. The van der Waals surface area contributed by atoms with Crippen LogP contribution in [0.25, 0.3) is 90.2 Å². The lowest BCUT2D eigenvalue weighted by Crippen LogP contribution is -2.27. The van der Waals surface area contributed by atoms with Crippen molar-refractivity contribution in [3.63, 3.8) is 0 Å². The summed E-state index contributed by atoms with van der Waals surface area (Å²) in [6, 6.07) is 94.5. The summed E-state index contributed by atoms with van der Waals surface area (Å²) in [6.07, 6.45) is 10.9. The molecule has 0 aliphatic heterocycles. The summed E-state index contributed by atoms with van der Waals surface area (Å²) in [5, 5.41) is 2.41. The average Bonchev–Trinajstić information content (AvgIpc) is 1.67. The van der Waals surface area contributed by atoms with E-state index in [1.54, 1.807) is 0 Å². The van der Waals surface area contributed by atoms with E-state index in [2.05, 4.69) is 293 Å². The zero-order valence-corrected chi connectivity index (χ0v) is 49.6. The molecule has 0 fully saturated rings. The van der Waals surface area contributed by atoms with Crippen molar-refractivity contribution in [3.8, 4) is 55.9 Å². The molecule has 86 heavy (non-hydrogen) atoms. The molecule has 0 spiro atoms. The number of hydrogen-bond acceptors (Lipinski definition) is 2. The molecule has 0 bridgehead atoms. The lowest BCUT2D eigenvalue weighted by Gasteiger charge is -2.34. The van der Waals surface area contributed by atoms with Gasteiger partial charge in [0.1, 0.15) is 5.75 Å². The Labute approximate surface area is 508 Å². The molecule has 0 N–H and O–H groups in total. The van der Waals surface area contributed by atoms with Gasteiger partial charge in [-0.3, -0.25) is 0 Å². The van der Waals surface area contributed by atoms with Gasteiger partial charge in [-0.05, 0) is 187 Å². The van der Waals surface area contributed by atoms with E-state index in [0.717, 1.165) is 99.5 Å². The van der Waals surface area contributed by atoms with Crippen molar-refractivity contribution >= 4 is 57.1 Å². The number of unbranched alkanes of at least 4 members (excludes halogenated alkanes) is 3. The van der Waals surface area contributed by atoms with E-state index in [9.17, 15) is 0 Å². The summed E-state index contributed by atoms with van der Waals surface area (Å²) in [5.74, 6) is 0.909. The van der Waals surface area contributed by atoms with Crippen molar-refractivity contribution in [3.05, 3.63) is 313 Å². The molecule has 12 aromatic rings. The maximum Gasteiger partial charge on any atom is 0.119 e. The fourth-order valence-electron chi connectivity index (χ4n) is 13.1.